The van der Waals surface area contributed by atoms with Crippen LogP contribution in [0.2, 0.25) is 0 Å². The van der Waals surface area contributed by atoms with Crippen molar-refractivity contribution in [3.05, 3.63) is 59.2 Å². The fourth-order valence-electron chi connectivity index (χ4n) is 3.70. The molecule has 166 valence electrons. The lowest BCUT2D eigenvalue weighted by Crippen LogP contribution is -2.55. The Kier molecular flexibility index (Phi) is 5.89. The summed E-state index contributed by atoms with van der Waals surface area (Å²) in [5.74, 6) is -1.60. The summed E-state index contributed by atoms with van der Waals surface area (Å²) in [6.07, 6.45) is -3.13. The van der Waals surface area contributed by atoms with Crippen LogP contribution in [0.1, 0.15) is 21.5 Å². The highest BCUT2D eigenvalue weighted by molar-refractivity contribution is 6.05. The number of amidine groups is 1. The van der Waals surface area contributed by atoms with Crippen molar-refractivity contribution in [2.45, 2.75) is 18.8 Å². The van der Waals surface area contributed by atoms with Crippen molar-refractivity contribution in [1.82, 2.24) is 5.32 Å². The summed E-state index contributed by atoms with van der Waals surface area (Å²) in [6.45, 7) is 0.790. The molecule has 2 aromatic rings. The van der Waals surface area contributed by atoms with Gasteiger partial charge in [0.1, 0.15) is 5.84 Å². The van der Waals surface area contributed by atoms with Crippen LogP contribution in [0.3, 0.4) is 0 Å². The summed E-state index contributed by atoms with van der Waals surface area (Å²) in [5, 5.41) is 23.8. The van der Waals surface area contributed by atoms with Gasteiger partial charge in [-0.1, -0.05) is 6.07 Å². The van der Waals surface area contributed by atoms with E-state index in [2.05, 4.69) is 10.6 Å². The van der Waals surface area contributed by atoms with Gasteiger partial charge in [-0.3, -0.25) is 15.0 Å². The number of fused-ring (bicyclic) bond motifs is 1. The number of hydrogen-bond acceptors (Lipinski definition) is 7. The molecule has 10 heteroatoms. The van der Waals surface area contributed by atoms with Gasteiger partial charge < -0.3 is 30.1 Å². The van der Waals surface area contributed by atoms with Crippen LogP contribution < -0.4 is 15.5 Å². The zero-order valence-electron chi connectivity index (χ0n) is 17.3. The van der Waals surface area contributed by atoms with Gasteiger partial charge in [-0.05, 0) is 42.0 Å². The van der Waals surface area contributed by atoms with Crippen LogP contribution in [0, 0.1) is 5.41 Å². The molecule has 10 nitrogen and oxygen atoms in total. The number of morpholine rings is 1. The van der Waals surface area contributed by atoms with Gasteiger partial charge >= 0.3 is 5.97 Å². The van der Waals surface area contributed by atoms with Crippen LogP contribution in [0.5, 0.6) is 0 Å². The topological polar surface area (TPSA) is 141 Å². The number of esters is 1. The number of benzene rings is 2. The highest BCUT2D eigenvalue weighted by Gasteiger charge is 2.39. The first-order chi connectivity index (χ1) is 15.4. The predicted molar refractivity (Wildman–Crippen MR) is 115 cm³/mol. The maximum atomic E-state index is 13.0. The fourth-order valence-corrected chi connectivity index (χ4v) is 3.70. The van der Waals surface area contributed by atoms with Crippen LogP contribution in [-0.2, 0) is 25.6 Å². The Morgan fingerprint density at radius 2 is 2.12 bits per heavy atom. The molecule has 2 aliphatic heterocycles. The van der Waals surface area contributed by atoms with E-state index in [1.807, 2.05) is 0 Å². The average Bonchev–Trinajstić information content (AvgIpc) is 3.18. The second-order valence-electron chi connectivity index (χ2n) is 7.36. The largest absolute Gasteiger partial charge is 0.465 e. The molecule has 0 aliphatic carbocycles. The Labute approximate surface area is 183 Å². The molecule has 32 heavy (non-hydrogen) atoms. The molecule has 1 saturated heterocycles. The Morgan fingerprint density at radius 3 is 2.91 bits per heavy atom. The second-order valence-corrected chi connectivity index (χ2v) is 7.36. The summed E-state index contributed by atoms with van der Waals surface area (Å²) >= 11 is 0. The number of ether oxygens (including phenoxy) is 2. The molecule has 0 unspecified atom stereocenters. The van der Waals surface area contributed by atoms with Gasteiger partial charge in [0.15, 0.2) is 12.2 Å². The third-order valence-corrected chi connectivity index (χ3v) is 5.35. The highest BCUT2D eigenvalue weighted by Crippen LogP contribution is 2.24. The number of methoxy groups -OCH3 is 1. The third kappa shape index (κ3) is 4.05. The number of nitrogens with one attached hydrogen (secondary N) is 3. The van der Waals surface area contributed by atoms with E-state index in [9.17, 15) is 19.5 Å². The average molecular weight is 438 g/mol. The SMILES string of the molecule is COC(=O)c1cccc(N2CCO[C@H]([C@@H](O)C(=O)Nc3ccc4c(c3)CNC4=N)C2=O)c1. The van der Waals surface area contributed by atoms with Gasteiger partial charge in [-0.2, -0.15) is 0 Å². The Morgan fingerprint density at radius 1 is 1.31 bits per heavy atom. The van der Waals surface area contributed by atoms with Gasteiger partial charge in [0, 0.05) is 30.0 Å². The number of anilines is 2. The lowest BCUT2D eigenvalue weighted by molar-refractivity contribution is -0.150. The number of nitrogens with zero attached hydrogens (tertiary/aromatic N) is 1. The van der Waals surface area contributed by atoms with Crippen molar-refractivity contribution in [2.24, 2.45) is 0 Å². The number of carbonyl (C=O) groups is 3. The number of carbonyl (C=O) groups excluding carboxylic acids is 3. The van der Waals surface area contributed by atoms with Crippen LogP contribution in [0.15, 0.2) is 42.5 Å². The fraction of sp³-hybridized carbons (Fsp3) is 0.273. The zero-order chi connectivity index (χ0) is 22.8. The Balaban J connectivity index is 1.47. The molecular formula is C22H22N4O6. The molecule has 0 radical (unpaired) electrons. The zero-order valence-corrected chi connectivity index (χ0v) is 17.3. The smallest absolute Gasteiger partial charge is 0.337 e. The van der Waals surface area contributed by atoms with Gasteiger partial charge in [-0.15, -0.1) is 0 Å². The molecule has 2 atom stereocenters. The molecule has 2 aromatic carbocycles. The minimum absolute atomic E-state index is 0.107. The quantitative estimate of drug-likeness (QED) is 0.502. The molecule has 2 heterocycles. The second kappa shape index (κ2) is 8.77. The van der Waals surface area contributed by atoms with E-state index >= 15 is 0 Å². The molecule has 0 bridgehead atoms. The van der Waals surface area contributed by atoms with E-state index in [0.717, 1.165) is 11.1 Å². The first-order valence-corrected chi connectivity index (χ1v) is 9.95. The molecule has 0 spiro atoms. The van der Waals surface area contributed by atoms with Crippen molar-refractivity contribution < 1.29 is 29.0 Å². The summed E-state index contributed by atoms with van der Waals surface area (Å²) in [4.78, 5) is 38.8. The molecule has 2 amide bonds. The molecule has 2 aliphatic rings. The van der Waals surface area contributed by atoms with Gasteiger partial charge in [0.2, 0.25) is 0 Å². The molecular weight excluding hydrogens is 416 g/mol. The van der Waals surface area contributed by atoms with E-state index in [1.165, 1.54) is 18.1 Å². The van der Waals surface area contributed by atoms with E-state index < -0.39 is 30.0 Å². The van der Waals surface area contributed by atoms with Crippen molar-refractivity contribution in [2.75, 3.05) is 30.5 Å². The summed E-state index contributed by atoms with van der Waals surface area (Å²) < 4.78 is 10.1. The predicted octanol–water partition coefficient (Wildman–Crippen LogP) is 0.633. The van der Waals surface area contributed by atoms with Crippen LogP contribution in [0.25, 0.3) is 0 Å². The van der Waals surface area contributed by atoms with Crippen molar-refractivity contribution in [3.63, 3.8) is 0 Å². The number of amides is 2. The third-order valence-electron chi connectivity index (χ3n) is 5.35. The Hall–Kier alpha value is -3.76. The maximum Gasteiger partial charge on any atom is 0.337 e. The molecule has 0 saturated carbocycles. The normalized spacial score (nSPS) is 18.6. The Bertz CT molecular complexity index is 1100. The highest BCUT2D eigenvalue weighted by atomic mass is 16.5. The number of hydrogen-bond donors (Lipinski definition) is 4. The van der Waals surface area contributed by atoms with Crippen molar-refractivity contribution in [3.8, 4) is 0 Å². The van der Waals surface area contributed by atoms with Crippen LogP contribution in [0.4, 0.5) is 11.4 Å². The maximum absolute atomic E-state index is 13.0. The molecule has 4 rings (SSSR count). The first-order valence-electron chi connectivity index (χ1n) is 9.95. The summed E-state index contributed by atoms with van der Waals surface area (Å²) in [6, 6.07) is 11.4. The monoisotopic (exact) mass is 438 g/mol. The molecule has 1 fully saturated rings. The summed E-state index contributed by atoms with van der Waals surface area (Å²) in [5.41, 5.74) is 2.75. The lowest BCUT2D eigenvalue weighted by Gasteiger charge is -2.34. The van der Waals surface area contributed by atoms with Gasteiger partial charge in [-0.25, -0.2) is 4.79 Å². The minimum atomic E-state index is -1.74. The van der Waals surface area contributed by atoms with Crippen molar-refractivity contribution in [1.29, 1.82) is 5.41 Å². The summed E-state index contributed by atoms with van der Waals surface area (Å²) in [7, 11) is 1.27. The van der Waals surface area contributed by atoms with E-state index in [-0.39, 0.29) is 18.7 Å². The van der Waals surface area contributed by atoms with Gasteiger partial charge in [0.25, 0.3) is 11.8 Å². The van der Waals surface area contributed by atoms with Crippen LogP contribution >= 0.6 is 0 Å². The molecule has 0 aromatic heterocycles. The van der Waals surface area contributed by atoms with E-state index in [1.54, 1.807) is 36.4 Å². The lowest BCUT2D eigenvalue weighted by atomic mass is 10.1. The molecule has 4 N–H and O–H groups in total. The van der Waals surface area contributed by atoms with Crippen LogP contribution in [-0.4, -0.2) is 61.2 Å². The van der Waals surface area contributed by atoms with Crippen molar-refractivity contribution >= 4 is 35.0 Å². The van der Waals surface area contributed by atoms with Gasteiger partial charge in [0.05, 0.1) is 19.3 Å². The minimum Gasteiger partial charge on any atom is -0.465 e. The number of aliphatic hydroxyl groups is 1. The first kappa shape index (κ1) is 21.5. The van der Waals surface area contributed by atoms with E-state index in [0.29, 0.717) is 23.8 Å². The standard InChI is InChI=1S/C22H22N4O6/c1-31-22(30)12-3-2-4-15(10-12)26-7-8-32-18(21(26)29)17(27)20(28)25-14-5-6-16-13(9-14)11-24-19(16)23/h2-6,9-10,17-18,27H,7-8,11H2,1H3,(H2,23,24)(H,25,28)/t17-,18-/m1/s1. The number of aliphatic hydroxyl groups excluding tert-OH is 1. The van der Waals surface area contributed by atoms with E-state index in [4.69, 9.17) is 14.9 Å². The number of rotatable bonds is 5.